The van der Waals surface area contributed by atoms with Crippen LogP contribution in [0.1, 0.15) is 13.3 Å². The molecule has 11 heavy (non-hydrogen) atoms. The van der Waals surface area contributed by atoms with Gasteiger partial charge in [-0.2, -0.15) is 0 Å². The number of rotatable bonds is 4. The highest BCUT2D eigenvalue weighted by molar-refractivity contribution is 5.99. The van der Waals surface area contributed by atoms with Gasteiger partial charge in [0.25, 0.3) is 6.43 Å². The van der Waals surface area contributed by atoms with Crippen molar-refractivity contribution in [2.75, 3.05) is 0 Å². The van der Waals surface area contributed by atoms with Crippen LogP contribution in [0.4, 0.5) is 8.78 Å². The van der Waals surface area contributed by atoms with E-state index in [0.717, 1.165) is 0 Å². The monoisotopic (exact) mass is 166 g/mol. The van der Waals surface area contributed by atoms with Crippen molar-refractivity contribution in [1.82, 2.24) is 0 Å². The lowest BCUT2D eigenvalue weighted by Gasteiger charge is -2.06. The standard InChI is InChI=1S/C6H8F2O3/c1-2-3(6(10)11)4(9)5(7)8/h3,5H,2H2,1H3,(H,10,11). The minimum Gasteiger partial charge on any atom is -0.481 e. The van der Waals surface area contributed by atoms with E-state index in [4.69, 9.17) is 5.11 Å². The highest BCUT2D eigenvalue weighted by Crippen LogP contribution is 2.10. The predicted molar refractivity (Wildman–Crippen MR) is 32.4 cm³/mol. The number of carboxylic acids is 1. The summed E-state index contributed by atoms with van der Waals surface area (Å²) in [6, 6.07) is 0. The molecule has 0 aromatic rings. The third-order valence-corrected chi connectivity index (χ3v) is 1.26. The minimum atomic E-state index is -3.18. The molecule has 0 bridgehead atoms. The van der Waals surface area contributed by atoms with Gasteiger partial charge in [-0.15, -0.1) is 0 Å². The van der Waals surface area contributed by atoms with E-state index in [1.54, 1.807) is 0 Å². The molecular formula is C6H8F2O3. The lowest BCUT2D eigenvalue weighted by atomic mass is 10.0. The van der Waals surface area contributed by atoms with E-state index in [0.29, 0.717) is 0 Å². The van der Waals surface area contributed by atoms with Gasteiger partial charge in [0.2, 0.25) is 5.78 Å². The minimum absolute atomic E-state index is 0.0987. The molecule has 5 heteroatoms. The molecule has 0 aromatic heterocycles. The van der Waals surface area contributed by atoms with E-state index in [2.05, 4.69) is 0 Å². The van der Waals surface area contributed by atoms with Gasteiger partial charge in [-0.3, -0.25) is 9.59 Å². The van der Waals surface area contributed by atoms with Gasteiger partial charge < -0.3 is 5.11 Å². The first-order chi connectivity index (χ1) is 5.00. The largest absolute Gasteiger partial charge is 0.481 e. The summed E-state index contributed by atoms with van der Waals surface area (Å²) in [5.74, 6) is -4.56. The van der Waals surface area contributed by atoms with Crippen molar-refractivity contribution in [3.05, 3.63) is 0 Å². The van der Waals surface area contributed by atoms with E-state index in [1.807, 2.05) is 0 Å². The second-order valence-corrected chi connectivity index (χ2v) is 2.00. The van der Waals surface area contributed by atoms with Crippen LogP contribution in [0.5, 0.6) is 0 Å². The zero-order valence-electron chi connectivity index (χ0n) is 5.88. The summed E-state index contributed by atoms with van der Waals surface area (Å²) in [6.45, 7) is 1.37. The molecule has 0 saturated heterocycles. The lowest BCUT2D eigenvalue weighted by Crippen LogP contribution is -2.28. The van der Waals surface area contributed by atoms with E-state index in [-0.39, 0.29) is 6.42 Å². The number of aliphatic carboxylic acids is 1. The molecule has 0 aromatic carbocycles. The summed E-state index contributed by atoms with van der Waals surface area (Å²) in [4.78, 5) is 20.5. The number of carbonyl (C=O) groups is 2. The number of halogens is 2. The van der Waals surface area contributed by atoms with Crippen LogP contribution in [0.15, 0.2) is 0 Å². The number of Topliss-reactive ketones (excluding diaryl/α,β-unsaturated/α-hetero) is 1. The third-order valence-electron chi connectivity index (χ3n) is 1.26. The maximum atomic E-state index is 11.6. The Bertz CT molecular complexity index is 167. The van der Waals surface area contributed by atoms with Crippen molar-refractivity contribution in [1.29, 1.82) is 0 Å². The molecule has 0 radical (unpaired) electrons. The molecule has 0 aliphatic heterocycles. The summed E-state index contributed by atoms with van der Waals surface area (Å²) in [5.41, 5.74) is 0. The van der Waals surface area contributed by atoms with Gasteiger partial charge in [0.05, 0.1) is 0 Å². The third kappa shape index (κ3) is 2.61. The van der Waals surface area contributed by atoms with Crippen LogP contribution in [0.3, 0.4) is 0 Å². The molecule has 0 rings (SSSR count). The quantitative estimate of drug-likeness (QED) is 0.632. The number of carbonyl (C=O) groups excluding carboxylic acids is 1. The molecule has 1 atom stereocenters. The number of carboxylic acid groups (broad SMARTS) is 1. The Kier molecular flexibility index (Phi) is 3.64. The van der Waals surface area contributed by atoms with Crippen molar-refractivity contribution >= 4 is 11.8 Å². The molecule has 0 saturated carbocycles. The Balaban J connectivity index is 4.27. The number of hydrogen-bond acceptors (Lipinski definition) is 2. The molecule has 0 fully saturated rings. The molecular weight excluding hydrogens is 158 g/mol. The van der Waals surface area contributed by atoms with Gasteiger partial charge in [-0.25, -0.2) is 8.78 Å². The summed E-state index contributed by atoms with van der Waals surface area (Å²) >= 11 is 0. The second-order valence-electron chi connectivity index (χ2n) is 2.00. The second kappa shape index (κ2) is 4.00. The Morgan fingerprint density at radius 3 is 2.00 bits per heavy atom. The summed E-state index contributed by atoms with van der Waals surface area (Å²) in [7, 11) is 0. The average Bonchev–Trinajstić information content (AvgIpc) is 1.88. The Labute approximate surface area is 62.0 Å². The Hall–Kier alpha value is -1.00. The average molecular weight is 166 g/mol. The van der Waals surface area contributed by atoms with Gasteiger partial charge in [0, 0.05) is 0 Å². The van der Waals surface area contributed by atoms with Crippen LogP contribution in [0.25, 0.3) is 0 Å². The molecule has 0 aliphatic rings. The van der Waals surface area contributed by atoms with Gasteiger partial charge >= 0.3 is 5.97 Å². The summed E-state index contributed by atoms with van der Waals surface area (Å²) in [5, 5.41) is 8.24. The maximum absolute atomic E-state index is 11.6. The summed E-state index contributed by atoms with van der Waals surface area (Å²) in [6.07, 6.45) is -3.28. The normalized spacial score (nSPS) is 13.1. The fourth-order valence-electron chi connectivity index (χ4n) is 0.650. The Morgan fingerprint density at radius 2 is 1.91 bits per heavy atom. The van der Waals surface area contributed by atoms with Crippen molar-refractivity contribution in [2.45, 2.75) is 19.8 Å². The van der Waals surface area contributed by atoms with Crippen LogP contribution in [-0.2, 0) is 9.59 Å². The predicted octanol–water partition coefficient (Wildman–Crippen LogP) is 0.931. The van der Waals surface area contributed by atoms with Crippen LogP contribution in [0.2, 0.25) is 0 Å². The SMILES string of the molecule is CCC(C(=O)O)C(=O)C(F)F. The first kappa shape index (κ1) is 10.0. The van der Waals surface area contributed by atoms with Gasteiger partial charge in [-0.1, -0.05) is 6.92 Å². The molecule has 3 nitrogen and oxygen atoms in total. The van der Waals surface area contributed by atoms with E-state index >= 15 is 0 Å². The van der Waals surface area contributed by atoms with Crippen LogP contribution < -0.4 is 0 Å². The zero-order valence-corrected chi connectivity index (χ0v) is 5.88. The van der Waals surface area contributed by atoms with Crippen LogP contribution in [-0.4, -0.2) is 23.3 Å². The smallest absolute Gasteiger partial charge is 0.314 e. The molecule has 0 spiro atoms. The molecule has 64 valence electrons. The number of alkyl halides is 2. The number of ketones is 1. The molecule has 0 amide bonds. The lowest BCUT2D eigenvalue weighted by molar-refractivity contribution is -0.150. The van der Waals surface area contributed by atoms with Crippen LogP contribution >= 0.6 is 0 Å². The topological polar surface area (TPSA) is 54.4 Å². The fraction of sp³-hybridized carbons (Fsp3) is 0.667. The van der Waals surface area contributed by atoms with Gasteiger partial charge in [-0.05, 0) is 6.42 Å². The Morgan fingerprint density at radius 1 is 1.45 bits per heavy atom. The molecule has 0 heterocycles. The molecule has 1 unspecified atom stereocenters. The van der Waals surface area contributed by atoms with E-state index in [9.17, 15) is 18.4 Å². The summed E-state index contributed by atoms with van der Waals surface area (Å²) < 4.78 is 23.2. The molecule has 1 N–H and O–H groups in total. The van der Waals surface area contributed by atoms with Crippen molar-refractivity contribution in [3.8, 4) is 0 Å². The van der Waals surface area contributed by atoms with E-state index < -0.39 is 24.1 Å². The first-order valence-corrected chi connectivity index (χ1v) is 3.05. The highest BCUT2D eigenvalue weighted by atomic mass is 19.3. The van der Waals surface area contributed by atoms with Crippen molar-refractivity contribution < 1.29 is 23.5 Å². The van der Waals surface area contributed by atoms with Crippen molar-refractivity contribution in [2.24, 2.45) is 5.92 Å². The molecule has 0 aliphatic carbocycles. The highest BCUT2D eigenvalue weighted by Gasteiger charge is 2.30. The fourth-order valence-corrected chi connectivity index (χ4v) is 0.650. The first-order valence-electron chi connectivity index (χ1n) is 3.05. The van der Waals surface area contributed by atoms with Gasteiger partial charge in [0.1, 0.15) is 5.92 Å². The van der Waals surface area contributed by atoms with Crippen molar-refractivity contribution in [3.63, 3.8) is 0 Å². The van der Waals surface area contributed by atoms with E-state index in [1.165, 1.54) is 6.92 Å². The van der Waals surface area contributed by atoms with Gasteiger partial charge in [0.15, 0.2) is 0 Å². The number of hydrogen-bond donors (Lipinski definition) is 1. The maximum Gasteiger partial charge on any atom is 0.314 e. The zero-order chi connectivity index (χ0) is 9.02. The van der Waals surface area contributed by atoms with Crippen LogP contribution in [0, 0.1) is 5.92 Å².